The highest BCUT2D eigenvalue weighted by atomic mass is 32.2. The smallest absolute Gasteiger partial charge is 0.362 e. The Morgan fingerprint density at radius 2 is 1.96 bits per heavy atom. The lowest BCUT2D eigenvalue weighted by Gasteiger charge is -2.39. The van der Waals surface area contributed by atoms with E-state index in [1.54, 1.807) is 6.07 Å². The molecule has 2 aliphatic rings. The number of hydrogen-bond donors (Lipinski definition) is 1. The highest BCUT2D eigenvalue weighted by Crippen LogP contribution is 2.44. The molecule has 0 spiro atoms. The zero-order valence-corrected chi connectivity index (χ0v) is 13.1. The van der Waals surface area contributed by atoms with Gasteiger partial charge in [-0.25, -0.2) is 13.4 Å². The molecule has 23 heavy (non-hydrogen) atoms. The summed E-state index contributed by atoms with van der Waals surface area (Å²) < 4.78 is 64.9. The lowest BCUT2D eigenvalue weighted by molar-refractivity contribution is -0.262. The van der Waals surface area contributed by atoms with Crippen molar-refractivity contribution in [2.45, 2.75) is 28.6 Å². The molecule has 0 aliphatic carbocycles. The van der Waals surface area contributed by atoms with Gasteiger partial charge in [-0.2, -0.15) is 13.2 Å². The number of amidine groups is 1. The second kappa shape index (κ2) is 5.25. The third-order valence-corrected chi connectivity index (χ3v) is 6.36. The fourth-order valence-electron chi connectivity index (χ4n) is 2.34. The van der Waals surface area contributed by atoms with Gasteiger partial charge in [-0.1, -0.05) is 30.0 Å². The zero-order valence-electron chi connectivity index (χ0n) is 11.4. The van der Waals surface area contributed by atoms with E-state index in [0.29, 0.717) is 0 Å². The molecule has 0 amide bonds. The second-order valence-electron chi connectivity index (χ2n) is 5.04. The lowest BCUT2D eigenvalue weighted by atomic mass is 10.1. The van der Waals surface area contributed by atoms with Crippen molar-refractivity contribution in [1.82, 2.24) is 4.90 Å². The summed E-state index contributed by atoms with van der Waals surface area (Å²) in [6.45, 7) is 0. The predicted octanol–water partition coefficient (Wildman–Crippen LogP) is 2.32. The van der Waals surface area contributed by atoms with Crippen LogP contribution in [0.3, 0.4) is 0 Å². The molecule has 0 fully saturated rings. The van der Waals surface area contributed by atoms with Crippen molar-refractivity contribution in [3.63, 3.8) is 0 Å². The van der Waals surface area contributed by atoms with E-state index in [0.717, 1.165) is 16.7 Å². The molecule has 5 nitrogen and oxygen atoms in total. The van der Waals surface area contributed by atoms with Crippen LogP contribution in [0.15, 0.2) is 51.8 Å². The van der Waals surface area contributed by atoms with Gasteiger partial charge in [0.1, 0.15) is 5.37 Å². The summed E-state index contributed by atoms with van der Waals surface area (Å²) in [4.78, 5) is 4.35. The van der Waals surface area contributed by atoms with Crippen molar-refractivity contribution >= 4 is 26.8 Å². The summed E-state index contributed by atoms with van der Waals surface area (Å²) in [6, 6.07) is 7.18. The molecule has 124 valence electrons. The summed E-state index contributed by atoms with van der Waals surface area (Å²) in [5.41, 5.74) is -3.43. The standard InChI is InChI=1S/C13H11F3N2O3S2/c14-13(15,16)12(19)8-10(18-6-7-22-11(18)17-12)23(20,21)9-4-2-1-3-5-9/h1-7,10,19H,8H2. The maximum Gasteiger partial charge on any atom is 0.438 e. The summed E-state index contributed by atoms with van der Waals surface area (Å²) in [7, 11) is -4.13. The van der Waals surface area contributed by atoms with Gasteiger partial charge >= 0.3 is 6.18 Å². The Bertz CT molecular complexity index is 777. The van der Waals surface area contributed by atoms with Gasteiger partial charge in [0.05, 0.1) is 4.90 Å². The first-order chi connectivity index (χ1) is 10.7. The minimum absolute atomic E-state index is 0.110. The van der Waals surface area contributed by atoms with Gasteiger partial charge in [0.25, 0.3) is 5.72 Å². The topological polar surface area (TPSA) is 70.0 Å². The van der Waals surface area contributed by atoms with Gasteiger partial charge in [-0.3, -0.25) is 0 Å². The fourth-order valence-corrected chi connectivity index (χ4v) is 5.00. The van der Waals surface area contributed by atoms with Crippen molar-refractivity contribution in [2.75, 3.05) is 0 Å². The van der Waals surface area contributed by atoms with Gasteiger partial charge < -0.3 is 10.0 Å². The Morgan fingerprint density at radius 1 is 1.30 bits per heavy atom. The van der Waals surface area contributed by atoms with E-state index < -0.39 is 33.5 Å². The molecule has 2 aliphatic heterocycles. The van der Waals surface area contributed by atoms with E-state index in [-0.39, 0.29) is 10.1 Å². The van der Waals surface area contributed by atoms with Crippen molar-refractivity contribution < 1.29 is 26.7 Å². The highest BCUT2D eigenvalue weighted by Gasteiger charge is 2.60. The summed E-state index contributed by atoms with van der Waals surface area (Å²) in [5, 5.41) is 9.53. The number of fused-ring (bicyclic) bond motifs is 1. The molecular formula is C13H11F3N2O3S2. The fraction of sp³-hybridized carbons (Fsp3) is 0.308. The molecule has 0 radical (unpaired) electrons. The Kier molecular flexibility index (Phi) is 3.73. The number of benzene rings is 1. The van der Waals surface area contributed by atoms with E-state index in [1.807, 2.05) is 0 Å². The van der Waals surface area contributed by atoms with Crippen LogP contribution < -0.4 is 0 Å². The van der Waals surface area contributed by atoms with Crippen LogP contribution in [0, 0.1) is 0 Å². The first-order valence-electron chi connectivity index (χ1n) is 6.45. The Balaban J connectivity index is 2.09. The predicted molar refractivity (Wildman–Crippen MR) is 79.0 cm³/mol. The monoisotopic (exact) mass is 364 g/mol. The number of thioether (sulfide) groups is 1. The Labute approximate surface area is 134 Å². The van der Waals surface area contributed by atoms with Crippen molar-refractivity contribution in [3.8, 4) is 0 Å². The molecule has 2 heterocycles. The summed E-state index contributed by atoms with van der Waals surface area (Å²) >= 11 is 0.831. The zero-order chi connectivity index (χ0) is 16.9. The van der Waals surface area contributed by atoms with Gasteiger partial charge in [0.2, 0.25) is 0 Å². The SMILES string of the molecule is O=S(=O)(c1ccccc1)C1CC(O)(C(F)(F)F)N=C2SC=CN21. The number of aliphatic hydroxyl groups is 1. The molecule has 1 aromatic carbocycles. The maximum atomic E-state index is 13.1. The number of halogens is 3. The molecular weight excluding hydrogens is 353 g/mol. The summed E-state index contributed by atoms with van der Waals surface area (Å²) in [5.74, 6) is 0. The molecule has 0 aromatic heterocycles. The number of sulfone groups is 1. The number of rotatable bonds is 2. The van der Waals surface area contributed by atoms with Crippen LogP contribution in [0.4, 0.5) is 13.2 Å². The quantitative estimate of drug-likeness (QED) is 0.872. The number of aliphatic imine (C=N–C) groups is 1. The minimum Gasteiger partial charge on any atom is -0.362 e. The van der Waals surface area contributed by atoms with E-state index in [1.165, 1.54) is 35.9 Å². The van der Waals surface area contributed by atoms with E-state index in [4.69, 9.17) is 0 Å². The lowest BCUT2D eigenvalue weighted by Crippen LogP contribution is -2.56. The van der Waals surface area contributed by atoms with Gasteiger partial charge in [0.15, 0.2) is 15.0 Å². The van der Waals surface area contributed by atoms with Crippen LogP contribution in [0.5, 0.6) is 0 Å². The van der Waals surface area contributed by atoms with Crippen molar-refractivity contribution in [3.05, 3.63) is 41.9 Å². The largest absolute Gasteiger partial charge is 0.438 e. The van der Waals surface area contributed by atoms with Crippen molar-refractivity contribution in [1.29, 1.82) is 0 Å². The van der Waals surface area contributed by atoms with Crippen LogP contribution in [-0.4, -0.2) is 40.9 Å². The third kappa shape index (κ3) is 2.64. The normalized spacial score (nSPS) is 27.7. The number of alkyl halides is 3. The van der Waals surface area contributed by atoms with E-state index >= 15 is 0 Å². The molecule has 0 bridgehead atoms. The van der Waals surface area contributed by atoms with Crippen LogP contribution in [0.25, 0.3) is 0 Å². The minimum atomic E-state index is -5.07. The molecule has 2 unspecified atom stereocenters. The molecule has 0 saturated carbocycles. The first-order valence-corrected chi connectivity index (χ1v) is 8.87. The van der Waals surface area contributed by atoms with Gasteiger partial charge in [-0.15, -0.1) is 0 Å². The average Bonchev–Trinajstić information content (AvgIpc) is 2.94. The van der Waals surface area contributed by atoms with Crippen LogP contribution >= 0.6 is 11.8 Å². The highest BCUT2D eigenvalue weighted by molar-refractivity contribution is 8.16. The van der Waals surface area contributed by atoms with Gasteiger partial charge in [0, 0.05) is 12.6 Å². The van der Waals surface area contributed by atoms with Crippen LogP contribution in [0.2, 0.25) is 0 Å². The first kappa shape index (κ1) is 16.3. The van der Waals surface area contributed by atoms with Crippen LogP contribution in [-0.2, 0) is 9.84 Å². The molecule has 2 atom stereocenters. The van der Waals surface area contributed by atoms with Gasteiger partial charge in [-0.05, 0) is 17.5 Å². The second-order valence-corrected chi connectivity index (χ2v) is 8.01. The molecule has 1 aromatic rings. The van der Waals surface area contributed by atoms with E-state index in [2.05, 4.69) is 4.99 Å². The maximum absolute atomic E-state index is 13.1. The molecule has 1 N–H and O–H groups in total. The Morgan fingerprint density at radius 3 is 2.57 bits per heavy atom. The average molecular weight is 364 g/mol. The summed E-state index contributed by atoms with van der Waals surface area (Å²) in [6.07, 6.45) is -4.81. The Hall–Kier alpha value is -1.52. The molecule has 0 saturated heterocycles. The number of nitrogens with zero attached hydrogens (tertiary/aromatic N) is 2. The molecule has 10 heteroatoms. The number of hydrogen-bond acceptors (Lipinski definition) is 6. The van der Waals surface area contributed by atoms with Crippen molar-refractivity contribution in [2.24, 2.45) is 4.99 Å². The third-order valence-electron chi connectivity index (χ3n) is 3.55. The van der Waals surface area contributed by atoms with E-state index in [9.17, 15) is 26.7 Å². The molecule has 3 rings (SSSR count). The van der Waals surface area contributed by atoms with Crippen LogP contribution in [0.1, 0.15) is 6.42 Å².